The highest BCUT2D eigenvalue weighted by atomic mass is 16.4. The Morgan fingerprint density at radius 1 is 1.47 bits per heavy atom. The molecule has 0 aromatic rings. The molecule has 0 amide bonds. The molecule has 5 nitrogen and oxygen atoms in total. The SMILES string of the molecule is CC1=CC=C(N(C)/C=C\N=C(C=O)C(=O)O)C=CC1. The van der Waals surface area contributed by atoms with E-state index in [2.05, 4.69) is 4.99 Å². The van der Waals surface area contributed by atoms with Crippen LogP contribution < -0.4 is 0 Å². The average Bonchev–Trinajstić information content (AvgIpc) is 2.59. The fourth-order valence-corrected chi connectivity index (χ4v) is 1.39. The van der Waals surface area contributed by atoms with Gasteiger partial charge in [0, 0.05) is 25.1 Å². The van der Waals surface area contributed by atoms with E-state index >= 15 is 0 Å². The van der Waals surface area contributed by atoms with Crippen LogP contribution in [-0.2, 0) is 9.59 Å². The Bertz CT molecular complexity index is 511. The molecule has 1 N–H and O–H groups in total. The van der Waals surface area contributed by atoms with E-state index in [4.69, 9.17) is 5.11 Å². The zero-order valence-corrected chi connectivity index (χ0v) is 10.9. The summed E-state index contributed by atoms with van der Waals surface area (Å²) in [6.45, 7) is 2.05. The number of hydrogen-bond donors (Lipinski definition) is 1. The van der Waals surface area contributed by atoms with Crippen LogP contribution in [0.1, 0.15) is 13.3 Å². The molecule has 0 unspecified atom stereocenters. The summed E-state index contributed by atoms with van der Waals surface area (Å²) in [4.78, 5) is 26.3. The number of likely N-dealkylation sites (N-methyl/N-ethyl adjacent to an activating group) is 1. The van der Waals surface area contributed by atoms with Gasteiger partial charge in [0.15, 0.2) is 12.0 Å². The summed E-state index contributed by atoms with van der Waals surface area (Å²) in [5.41, 5.74) is 1.69. The quantitative estimate of drug-likeness (QED) is 0.465. The second-order valence-electron chi connectivity index (χ2n) is 4.06. The molecular weight excluding hydrogens is 244 g/mol. The molecule has 1 aliphatic carbocycles. The summed E-state index contributed by atoms with van der Waals surface area (Å²) < 4.78 is 0. The van der Waals surface area contributed by atoms with Gasteiger partial charge in [-0.2, -0.15) is 0 Å². The van der Waals surface area contributed by atoms with E-state index in [1.165, 1.54) is 11.8 Å². The molecule has 0 spiro atoms. The van der Waals surface area contributed by atoms with E-state index in [0.717, 1.165) is 12.1 Å². The van der Waals surface area contributed by atoms with Crippen LogP contribution in [0.4, 0.5) is 0 Å². The number of carboxylic acid groups (broad SMARTS) is 1. The van der Waals surface area contributed by atoms with Crippen molar-refractivity contribution in [3.63, 3.8) is 0 Å². The number of aliphatic carboxylic acids is 1. The highest BCUT2D eigenvalue weighted by molar-refractivity contribution is 6.57. The molecule has 0 aliphatic heterocycles. The zero-order valence-electron chi connectivity index (χ0n) is 10.9. The number of hydrogen-bond acceptors (Lipinski definition) is 4. The van der Waals surface area contributed by atoms with Crippen LogP contribution in [-0.4, -0.2) is 35.0 Å². The summed E-state index contributed by atoms with van der Waals surface area (Å²) in [6.07, 6.45) is 12.0. The number of aldehydes is 1. The topological polar surface area (TPSA) is 70.0 Å². The molecular formula is C14H16N2O3. The number of aliphatic imine (C=N–C) groups is 1. The van der Waals surface area contributed by atoms with Gasteiger partial charge in [-0.3, -0.25) is 4.79 Å². The third-order valence-corrected chi connectivity index (χ3v) is 2.51. The molecule has 0 bridgehead atoms. The summed E-state index contributed by atoms with van der Waals surface area (Å²) in [5.74, 6) is -1.34. The fourth-order valence-electron chi connectivity index (χ4n) is 1.39. The number of carbonyl (C=O) groups is 2. The van der Waals surface area contributed by atoms with Gasteiger partial charge < -0.3 is 10.0 Å². The van der Waals surface area contributed by atoms with Crippen molar-refractivity contribution in [1.82, 2.24) is 4.90 Å². The van der Waals surface area contributed by atoms with E-state index in [1.807, 2.05) is 38.3 Å². The smallest absolute Gasteiger partial charge is 0.357 e. The van der Waals surface area contributed by atoms with Gasteiger partial charge in [-0.05, 0) is 25.5 Å². The van der Waals surface area contributed by atoms with Gasteiger partial charge in [0.2, 0.25) is 0 Å². The first-order valence-electron chi connectivity index (χ1n) is 5.74. The molecule has 19 heavy (non-hydrogen) atoms. The Balaban J connectivity index is 2.77. The van der Waals surface area contributed by atoms with Crippen molar-refractivity contribution < 1.29 is 14.7 Å². The van der Waals surface area contributed by atoms with Crippen molar-refractivity contribution in [1.29, 1.82) is 0 Å². The van der Waals surface area contributed by atoms with Gasteiger partial charge in [-0.1, -0.05) is 17.7 Å². The predicted octanol–water partition coefficient (Wildman–Crippen LogP) is 1.90. The van der Waals surface area contributed by atoms with E-state index in [9.17, 15) is 9.59 Å². The molecule has 5 heteroatoms. The lowest BCUT2D eigenvalue weighted by molar-refractivity contribution is -0.129. The van der Waals surface area contributed by atoms with Gasteiger partial charge in [-0.15, -0.1) is 0 Å². The van der Waals surface area contributed by atoms with Crippen LogP contribution in [0, 0.1) is 0 Å². The maximum absolute atomic E-state index is 10.5. The van der Waals surface area contributed by atoms with Crippen LogP contribution in [0.25, 0.3) is 0 Å². The molecule has 0 aromatic heterocycles. The lowest BCUT2D eigenvalue weighted by Crippen LogP contribution is -2.13. The average molecular weight is 260 g/mol. The second-order valence-corrected chi connectivity index (χ2v) is 4.06. The standard InChI is InChI=1S/C14H16N2O3/c1-11-4-3-5-12(7-6-11)16(2)9-8-15-13(10-17)14(18)19/h3,5-10H,4H2,1-2H3,(H,18,19)/b9-8-,15-13?. The van der Waals surface area contributed by atoms with Crippen molar-refractivity contribution in [2.24, 2.45) is 4.99 Å². The van der Waals surface area contributed by atoms with Crippen molar-refractivity contribution in [3.05, 3.63) is 48.0 Å². The van der Waals surface area contributed by atoms with E-state index in [0.29, 0.717) is 0 Å². The third-order valence-electron chi connectivity index (χ3n) is 2.51. The molecule has 0 atom stereocenters. The first-order valence-corrected chi connectivity index (χ1v) is 5.74. The number of carboxylic acids is 1. The van der Waals surface area contributed by atoms with Gasteiger partial charge in [0.1, 0.15) is 0 Å². The van der Waals surface area contributed by atoms with Crippen LogP contribution >= 0.6 is 0 Å². The van der Waals surface area contributed by atoms with Crippen molar-refractivity contribution in [2.75, 3.05) is 7.05 Å². The lowest BCUT2D eigenvalue weighted by Gasteiger charge is -2.13. The second kappa shape index (κ2) is 7.10. The van der Waals surface area contributed by atoms with Gasteiger partial charge in [0.05, 0.1) is 0 Å². The van der Waals surface area contributed by atoms with E-state index in [1.54, 1.807) is 11.1 Å². The summed E-state index contributed by atoms with van der Waals surface area (Å²) in [5, 5.41) is 8.61. The van der Waals surface area contributed by atoms with Gasteiger partial charge in [0.25, 0.3) is 0 Å². The summed E-state index contributed by atoms with van der Waals surface area (Å²) >= 11 is 0. The molecule has 0 saturated carbocycles. The Labute approximate surface area is 111 Å². The predicted molar refractivity (Wildman–Crippen MR) is 73.6 cm³/mol. The highest BCUT2D eigenvalue weighted by Crippen LogP contribution is 2.13. The van der Waals surface area contributed by atoms with Crippen molar-refractivity contribution in [2.45, 2.75) is 13.3 Å². The van der Waals surface area contributed by atoms with Crippen LogP contribution in [0.3, 0.4) is 0 Å². The minimum absolute atomic E-state index is 0.212. The summed E-state index contributed by atoms with van der Waals surface area (Å²) in [7, 11) is 1.82. The van der Waals surface area contributed by atoms with Crippen LogP contribution in [0.2, 0.25) is 0 Å². The molecule has 0 fully saturated rings. The number of nitrogens with zero attached hydrogens (tertiary/aromatic N) is 2. The van der Waals surface area contributed by atoms with Crippen LogP contribution in [0.5, 0.6) is 0 Å². The molecule has 1 aliphatic rings. The maximum Gasteiger partial charge on any atom is 0.357 e. The first-order chi connectivity index (χ1) is 9.04. The highest BCUT2D eigenvalue weighted by Gasteiger charge is 2.05. The Kier molecular flexibility index (Phi) is 5.47. The maximum atomic E-state index is 10.5. The number of allylic oxidation sites excluding steroid dienone is 5. The molecule has 0 radical (unpaired) electrons. The Morgan fingerprint density at radius 3 is 2.84 bits per heavy atom. The van der Waals surface area contributed by atoms with E-state index < -0.39 is 11.7 Å². The first kappa shape index (κ1) is 14.6. The Hall–Kier alpha value is -2.43. The molecule has 1 rings (SSSR count). The number of carbonyl (C=O) groups excluding carboxylic acids is 1. The van der Waals surface area contributed by atoms with Crippen molar-refractivity contribution >= 4 is 18.0 Å². The van der Waals surface area contributed by atoms with Crippen molar-refractivity contribution in [3.8, 4) is 0 Å². The fraction of sp³-hybridized carbons (Fsp3) is 0.214. The molecule has 100 valence electrons. The minimum atomic E-state index is -1.34. The van der Waals surface area contributed by atoms with Gasteiger partial charge >= 0.3 is 5.97 Å². The van der Waals surface area contributed by atoms with Crippen LogP contribution in [0.15, 0.2) is 53.0 Å². The molecule has 0 saturated heterocycles. The largest absolute Gasteiger partial charge is 0.476 e. The molecule has 0 heterocycles. The zero-order chi connectivity index (χ0) is 14.3. The van der Waals surface area contributed by atoms with Gasteiger partial charge in [-0.25, -0.2) is 9.79 Å². The van der Waals surface area contributed by atoms with E-state index in [-0.39, 0.29) is 6.29 Å². The number of rotatable bonds is 5. The lowest BCUT2D eigenvalue weighted by atomic mass is 10.2. The summed E-state index contributed by atoms with van der Waals surface area (Å²) in [6, 6.07) is 0. The normalized spacial score (nSPS) is 15.8. The minimum Gasteiger partial charge on any atom is -0.476 e. The monoisotopic (exact) mass is 260 g/mol. The molecule has 0 aromatic carbocycles. The third kappa shape index (κ3) is 4.75. The Morgan fingerprint density at radius 2 is 2.21 bits per heavy atom.